The SMILES string of the molecule is OCC=C=C=CCCO. The van der Waals surface area contributed by atoms with Gasteiger partial charge < -0.3 is 10.2 Å². The van der Waals surface area contributed by atoms with Gasteiger partial charge in [-0.1, -0.05) is 11.5 Å². The molecule has 0 amide bonds. The van der Waals surface area contributed by atoms with Gasteiger partial charge in [0.15, 0.2) is 0 Å². The zero-order valence-corrected chi connectivity index (χ0v) is 5.17. The van der Waals surface area contributed by atoms with Crippen molar-refractivity contribution < 1.29 is 10.2 Å². The third-order valence-electron chi connectivity index (χ3n) is 0.652. The van der Waals surface area contributed by atoms with Crippen LogP contribution in [0, 0.1) is 0 Å². The second kappa shape index (κ2) is 7.22. The van der Waals surface area contributed by atoms with Crippen LogP contribution in [0.2, 0.25) is 0 Å². The summed E-state index contributed by atoms with van der Waals surface area (Å²) >= 11 is 0. The summed E-state index contributed by atoms with van der Waals surface area (Å²) in [7, 11) is 0. The van der Waals surface area contributed by atoms with E-state index < -0.39 is 0 Å². The van der Waals surface area contributed by atoms with Crippen molar-refractivity contribution >= 4 is 0 Å². The summed E-state index contributed by atoms with van der Waals surface area (Å²) in [6.07, 6.45) is 3.70. The molecule has 0 saturated carbocycles. The highest BCUT2D eigenvalue weighted by Crippen LogP contribution is 1.74. The van der Waals surface area contributed by atoms with Gasteiger partial charge in [0.25, 0.3) is 0 Å². The highest BCUT2D eigenvalue weighted by Gasteiger charge is 1.66. The number of rotatable bonds is 3. The Morgan fingerprint density at radius 3 is 2.33 bits per heavy atom. The standard InChI is InChI=1S/C7H10O2/c8-6-4-2-1-3-5-7-9/h2,5,8-9H,4,6-7H2. The van der Waals surface area contributed by atoms with Crippen LogP contribution >= 0.6 is 0 Å². The second-order valence-corrected chi connectivity index (χ2v) is 1.39. The molecule has 0 atom stereocenters. The zero-order valence-electron chi connectivity index (χ0n) is 5.17. The van der Waals surface area contributed by atoms with Gasteiger partial charge in [-0.25, -0.2) is 0 Å². The van der Waals surface area contributed by atoms with E-state index in [1.165, 1.54) is 6.08 Å². The molecule has 0 aliphatic carbocycles. The molecule has 0 spiro atoms. The van der Waals surface area contributed by atoms with Gasteiger partial charge in [-0.15, -0.1) is 0 Å². The van der Waals surface area contributed by atoms with E-state index in [1.54, 1.807) is 6.08 Å². The molecule has 0 aromatic heterocycles. The van der Waals surface area contributed by atoms with Crippen LogP contribution < -0.4 is 0 Å². The van der Waals surface area contributed by atoms with Gasteiger partial charge in [0.05, 0.1) is 6.61 Å². The lowest BCUT2D eigenvalue weighted by Gasteiger charge is -1.74. The molecule has 0 heterocycles. The first-order valence-electron chi connectivity index (χ1n) is 2.78. The van der Waals surface area contributed by atoms with Crippen LogP contribution in [0.1, 0.15) is 6.42 Å². The molecule has 0 saturated heterocycles. The van der Waals surface area contributed by atoms with Crippen molar-refractivity contribution in [1.29, 1.82) is 0 Å². The maximum Gasteiger partial charge on any atom is 0.0692 e. The van der Waals surface area contributed by atoms with Gasteiger partial charge in [0.2, 0.25) is 0 Å². The molecule has 50 valence electrons. The third-order valence-corrected chi connectivity index (χ3v) is 0.652. The minimum absolute atomic E-state index is 0.0139. The predicted molar refractivity (Wildman–Crippen MR) is 35.0 cm³/mol. The van der Waals surface area contributed by atoms with Crippen molar-refractivity contribution in [3.05, 3.63) is 23.6 Å². The molecule has 9 heavy (non-hydrogen) atoms. The summed E-state index contributed by atoms with van der Waals surface area (Å²) in [6, 6.07) is 0. The molecule has 0 aromatic carbocycles. The first kappa shape index (κ1) is 8.22. The van der Waals surface area contributed by atoms with Crippen LogP contribution in [0.15, 0.2) is 23.6 Å². The summed E-state index contributed by atoms with van der Waals surface area (Å²) in [5.74, 6) is 0. The van der Waals surface area contributed by atoms with Crippen LogP contribution in [0.5, 0.6) is 0 Å². The highest BCUT2D eigenvalue weighted by molar-refractivity contribution is 4.86. The molecule has 0 aliphatic heterocycles. The lowest BCUT2D eigenvalue weighted by Crippen LogP contribution is -1.72. The number of hydrogen-bond acceptors (Lipinski definition) is 2. The van der Waals surface area contributed by atoms with Gasteiger partial charge in [0, 0.05) is 6.61 Å². The van der Waals surface area contributed by atoms with E-state index in [2.05, 4.69) is 11.5 Å². The van der Waals surface area contributed by atoms with Gasteiger partial charge >= 0.3 is 0 Å². The van der Waals surface area contributed by atoms with E-state index in [9.17, 15) is 0 Å². The minimum atomic E-state index is -0.0139. The van der Waals surface area contributed by atoms with Gasteiger partial charge in [-0.3, -0.25) is 0 Å². The van der Waals surface area contributed by atoms with Crippen LogP contribution in [0.25, 0.3) is 0 Å². The molecule has 0 rings (SSSR count). The molecule has 2 nitrogen and oxygen atoms in total. The topological polar surface area (TPSA) is 40.5 Å². The van der Waals surface area contributed by atoms with Gasteiger partial charge in [0.1, 0.15) is 0 Å². The Bertz CT molecular complexity index is 137. The molecule has 0 unspecified atom stereocenters. The van der Waals surface area contributed by atoms with Crippen molar-refractivity contribution in [2.24, 2.45) is 0 Å². The van der Waals surface area contributed by atoms with E-state index in [1.807, 2.05) is 0 Å². The smallest absolute Gasteiger partial charge is 0.0692 e. The normalized spacial score (nSPS) is 7.33. The van der Waals surface area contributed by atoms with Crippen LogP contribution in [-0.2, 0) is 0 Å². The summed E-state index contributed by atoms with van der Waals surface area (Å²) in [5, 5.41) is 16.5. The molecule has 0 fully saturated rings. The lowest BCUT2D eigenvalue weighted by atomic mass is 10.4. The monoisotopic (exact) mass is 126 g/mol. The molecule has 0 aliphatic rings. The summed E-state index contributed by atoms with van der Waals surface area (Å²) in [4.78, 5) is 0. The Hall–Kier alpha value is -0.780. The zero-order chi connectivity index (χ0) is 6.95. The predicted octanol–water partition coefficient (Wildman–Crippen LogP) is 0.227. The van der Waals surface area contributed by atoms with Crippen molar-refractivity contribution in [3.63, 3.8) is 0 Å². The number of hydrogen-bond donors (Lipinski definition) is 2. The number of aliphatic hydroxyl groups is 2. The van der Waals surface area contributed by atoms with E-state index in [4.69, 9.17) is 10.2 Å². The van der Waals surface area contributed by atoms with Crippen molar-refractivity contribution in [1.82, 2.24) is 0 Å². The highest BCUT2D eigenvalue weighted by atomic mass is 16.3. The van der Waals surface area contributed by atoms with Gasteiger partial charge in [-0.05, 0) is 18.6 Å². The van der Waals surface area contributed by atoms with Crippen molar-refractivity contribution in [2.45, 2.75) is 6.42 Å². The fraction of sp³-hybridized carbons (Fsp3) is 0.429. The van der Waals surface area contributed by atoms with E-state index in [0.717, 1.165) is 0 Å². The summed E-state index contributed by atoms with van der Waals surface area (Å²) in [6.45, 7) is 0.119. The fourth-order valence-electron chi connectivity index (χ4n) is 0.300. The van der Waals surface area contributed by atoms with Gasteiger partial charge in [-0.2, -0.15) is 0 Å². The Morgan fingerprint density at radius 1 is 1.11 bits per heavy atom. The molecule has 0 bridgehead atoms. The van der Waals surface area contributed by atoms with E-state index >= 15 is 0 Å². The average Bonchev–Trinajstić information content (AvgIpc) is 1.89. The Kier molecular flexibility index (Phi) is 6.59. The van der Waals surface area contributed by atoms with Crippen LogP contribution in [0.4, 0.5) is 0 Å². The molecule has 0 radical (unpaired) electrons. The summed E-state index contributed by atoms with van der Waals surface area (Å²) in [5.41, 5.74) is 5.21. The van der Waals surface area contributed by atoms with Crippen molar-refractivity contribution in [3.8, 4) is 0 Å². The Balaban J connectivity index is 3.53. The quantitative estimate of drug-likeness (QED) is 0.531. The maximum atomic E-state index is 8.26. The van der Waals surface area contributed by atoms with E-state index in [0.29, 0.717) is 6.42 Å². The maximum absolute atomic E-state index is 8.26. The number of aliphatic hydroxyl groups excluding tert-OH is 2. The first-order valence-corrected chi connectivity index (χ1v) is 2.78. The molecular weight excluding hydrogens is 116 g/mol. The molecule has 2 heteroatoms. The Labute approximate surface area is 54.4 Å². The average molecular weight is 126 g/mol. The fourth-order valence-corrected chi connectivity index (χ4v) is 0.300. The molecule has 0 aromatic rings. The molecule has 2 N–H and O–H groups in total. The molecular formula is C7H10O2. The van der Waals surface area contributed by atoms with Crippen molar-refractivity contribution in [2.75, 3.05) is 13.2 Å². The Morgan fingerprint density at radius 2 is 1.78 bits per heavy atom. The lowest BCUT2D eigenvalue weighted by molar-refractivity contribution is 0.302. The van der Waals surface area contributed by atoms with E-state index in [-0.39, 0.29) is 13.2 Å². The third kappa shape index (κ3) is 7.22. The second-order valence-electron chi connectivity index (χ2n) is 1.39. The van der Waals surface area contributed by atoms with Crippen LogP contribution in [0.3, 0.4) is 0 Å². The largest absolute Gasteiger partial charge is 0.396 e. The summed E-state index contributed by atoms with van der Waals surface area (Å²) < 4.78 is 0. The minimum Gasteiger partial charge on any atom is -0.396 e. The first-order chi connectivity index (χ1) is 4.41. The van der Waals surface area contributed by atoms with Crippen LogP contribution in [-0.4, -0.2) is 23.4 Å².